The summed E-state index contributed by atoms with van der Waals surface area (Å²) in [6.07, 6.45) is 1.52. The number of nitro benzene ring substituents is 1. The van der Waals surface area contributed by atoms with E-state index in [0.717, 1.165) is 10.9 Å². The molecule has 2 heterocycles. The number of rotatable bonds is 2. The molecule has 94 valence electrons. The summed E-state index contributed by atoms with van der Waals surface area (Å²) in [5.41, 5.74) is 7.49. The Morgan fingerprint density at radius 3 is 2.63 bits per heavy atom. The van der Waals surface area contributed by atoms with Gasteiger partial charge in [-0.2, -0.15) is 0 Å². The molecule has 0 aliphatic heterocycles. The van der Waals surface area contributed by atoms with Crippen LogP contribution in [0.25, 0.3) is 22.4 Å². The van der Waals surface area contributed by atoms with Crippen molar-refractivity contribution in [2.24, 2.45) is 0 Å². The van der Waals surface area contributed by atoms with E-state index in [4.69, 9.17) is 10.2 Å². The third-order valence-corrected chi connectivity index (χ3v) is 2.76. The molecule has 0 atom stereocenters. The SMILES string of the molecule is Nc1cnc2oc(-c3ccc([N+](=O)[O-])cc3)cc2c1. The number of hydrogen-bond donors (Lipinski definition) is 1. The predicted octanol–water partition coefficient (Wildman–Crippen LogP) is 2.99. The molecule has 2 N–H and O–H groups in total. The molecule has 0 radical (unpaired) electrons. The zero-order valence-corrected chi connectivity index (χ0v) is 9.74. The van der Waals surface area contributed by atoms with Crippen molar-refractivity contribution < 1.29 is 9.34 Å². The largest absolute Gasteiger partial charge is 0.438 e. The van der Waals surface area contributed by atoms with Gasteiger partial charge in [0, 0.05) is 23.1 Å². The van der Waals surface area contributed by atoms with E-state index >= 15 is 0 Å². The second-order valence-corrected chi connectivity index (χ2v) is 4.08. The summed E-state index contributed by atoms with van der Waals surface area (Å²) >= 11 is 0. The monoisotopic (exact) mass is 255 g/mol. The van der Waals surface area contributed by atoms with Gasteiger partial charge in [-0.25, -0.2) is 4.98 Å². The quantitative estimate of drug-likeness (QED) is 0.561. The van der Waals surface area contributed by atoms with Gasteiger partial charge in [0.05, 0.1) is 16.8 Å². The highest BCUT2D eigenvalue weighted by molar-refractivity contribution is 5.82. The van der Waals surface area contributed by atoms with Crippen molar-refractivity contribution in [2.75, 3.05) is 5.73 Å². The molecule has 0 aliphatic carbocycles. The Morgan fingerprint density at radius 1 is 1.21 bits per heavy atom. The number of nitrogens with two attached hydrogens (primary N) is 1. The summed E-state index contributed by atoms with van der Waals surface area (Å²) < 4.78 is 5.57. The topological polar surface area (TPSA) is 95.2 Å². The summed E-state index contributed by atoms with van der Waals surface area (Å²) in [5.74, 6) is 0.600. The number of anilines is 1. The molecule has 3 rings (SSSR count). The van der Waals surface area contributed by atoms with Gasteiger partial charge in [-0.05, 0) is 24.3 Å². The lowest BCUT2D eigenvalue weighted by molar-refractivity contribution is -0.384. The van der Waals surface area contributed by atoms with Crippen molar-refractivity contribution in [1.82, 2.24) is 4.98 Å². The first-order valence-electron chi connectivity index (χ1n) is 5.53. The van der Waals surface area contributed by atoms with E-state index < -0.39 is 4.92 Å². The molecule has 0 saturated carbocycles. The fraction of sp³-hybridized carbons (Fsp3) is 0. The van der Waals surface area contributed by atoms with Crippen LogP contribution in [-0.2, 0) is 0 Å². The maximum Gasteiger partial charge on any atom is 0.269 e. The van der Waals surface area contributed by atoms with Crippen molar-refractivity contribution in [3.05, 3.63) is 52.7 Å². The summed E-state index contributed by atoms with van der Waals surface area (Å²) in [6, 6.07) is 9.72. The summed E-state index contributed by atoms with van der Waals surface area (Å²) in [5, 5.41) is 11.4. The van der Waals surface area contributed by atoms with Gasteiger partial charge in [0.25, 0.3) is 5.69 Å². The summed E-state index contributed by atoms with van der Waals surface area (Å²) in [4.78, 5) is 14.2. The third-order valence-electron chi connectivity index (χ3n) is 2.76. The van der Waals surface area contributed by atoms with Crippen LogP contribution in [0.3, 0.4) is 0 Å². The minimum atomic E-state index is -0.440. The van der Waals surface area contributed by atoms with Gasteiger partial charge in [0.15, 0.2) is 0 Å². The molecular weight excluding hydrogens is 246 g/mol. The second kappa shape index (κ2) is 4.09. The van der Waals surface area contributed by atoms with Crippen molar-refractivity contribution in [3.63, 3.8) is 0 Å². The summed E-state index contributed by atoms with van der Waals surface area (Å²) in [6.45, 7) is 0. The molecule has 0 bridgehead atoms. The lowest BCUT2D eigenvalue weighted by atomic mass is 10.1. The van der Waals surface area contributed by atoms with Crippen molar-refractivity contribution in [2.45, 2.75) is 0 Å². The van der Waals surface area contributed by atoms with E-state index in [1.165, 1.54) is 18.3 Å². The maximum atomic E-state index is 10.6. The lowest BCUT2D eigenvalue weighted by Crippen LogP contribution is -1.86. The van der Waals surface area contributed by atoms with Gasteiger partial charge in [-0.3, -0.25) is 10.1 Å². The highest BCUT2D eigenvalue weighted by atomic mass is 16.6. The van der Waals surface area contributed by atoms with Crippen LogP contribution in [0, 0.1) is 10.1 Å². The van der Waals surface area contributed by atoms with Gasteiger partial charge in [0.2, 0.25) is 5.71 Å². The van der Waals surface area contributed by atoms with Crippen LogP contribution < -0.4 is 5.73 Å². The number of hydrogen-bond acceptors (Lipinski definition) is 5. The van der Waals surface area contributed by atoms with Crippen LogP contribution in [-0.4, -0.2) is 9.91 Å². The predicted molar refractivity (Wildman–Crippen MR) is 70.5 cm³/mol. The number of nitrogens with zero attached hydrogens (tertiary/aromatic N) is 2. The number of nitro groups is 1. The molecule has 0 unspecified atom stereocenters. The van der Waals surface area contributed by atoms with Crippen LogP contribution in [0.15, 0.2) is 47.0 Å². The molecule has 6 nitrogen and oxygen atoms in total. The van der Waals surface area contributed by atoms with E-state index in [2.05, 4.69) is 4.98 Å². The maximum absolute atomic E-state index is 10.6. The molecule has 0 spiro atoms. The fourth-order valence-electron chi connectivity index (χ4n) is 1.84. The first kappa shape index (κ1) is 11.2. The summed E-state index contributed by atoms with van der Waals surface area (Å²) in [7, 11) is 0. The molecule has 0 amide bonds. The minimum absolute atomic E-state index is 0.0437. The molecule has 19 heavy (non-hydrogen) atoms. The van der Waals surface area contributed by atoms with Gasteiger partial charge >= 0.3 is 0 Å². The van der Waals surface area contributed by atoms with E-state index in [9.17, 15) is 10.1 Å². The number of fused-ring (bicyclic) bond motifs is 1. The van der Waals surface area contributed by atoms with Gasteiger partial charge in [-0.1, -0.05) is 0 Å². The Morgan fingerprint density at radius 2 is 1.95 bits per heavy atom. The van der Waals surface area contributed by atoms with Gasteiger partial charge in [-0.15, -0.1) is 0 Å². The average molecular weight is 255 g/mol. The Kier molecular flexibility index (Phi) is 2.42. The van der Waals surface area contributed by atoms with Crippen LogP contribution >= 0.6 is 0 Å². The number of non-ortho nitro benzene ring substituents is 1. The van der Waals surface area contributed by atoms with Gasteiger partial charge in [0.1, 0.15) is 5.76 Å². The zero-order chi connectivity index (χ0) is 13.4. The minimum Gasteiger partial charge on any atom is -0.438 e. The highest BCUT2D eigenvalue weighted by Crippen LogP contribution is 2.28. The normalized spacial score (nSPS) is 10.7. The smallest absolute Gasteiger partial charge is 0.269 e. The first-order valence-corrected chi connectivity index (χ1v) is 5.53. The highest BCUT2D eigenvalue weighted by Gasteiger charge is 2.10. The second-order valence-electron chi connectivity index (χ2n) is 4.08. The molecule has 0 aliphatic rings. The zero-order valence-electron chi connectivity index (χ0n) is 9.74. The Bertz CT molecular complexity index is 762. The Balaban J connectivity index is 2.06. The van der Waals surface area contributed by atoms with Gasteiger partial charge < -0.3 is 10.2 Å². The molecular formula is C13H9N3O3. The van der Waals surface area contributed by atoms with Crippen molar-refractivity contribution >= 4 is 22.5 Å². The molecule has 3 aromatic rings. The van der Waals surface area contributed by atoms with E-state index in [0.29, 0.717) is 17.2 Å². The first-order chi connectivity index (χ1) is 9.13. The van der Waals surface area contributed by atoms with Crippen molar-refractivity contribution in [1.29, 1.82) is 0 Å². The van der Waals surface area contributed by atoms with Crippen LogP contribution in [0.5, 0.6) is 0 Å². The van der Waals surface area contributed by atoms with E-state index in [1.54, 1.807) is 24.3 Å². The van der Waals surface area contributed by atoms with Crippen LogP contribution in [0.1, 0.15) is 0 Å². The van der Waals surface area contributed by atoms with Crippen LogP contribution in [0.4, 0.5) is 11.4 Å². The third kappa shape index (κ3) is 1.99. The number of aromatic nitrogens is 1. The fourth-order valence-corrected chi connectivity index (χ4v) is 1.84. The molecule has 1 aromatic carbocycles. The lowest BCUT2D eigenvalue weighted by Gasteiger charge is -1.95. The number of furan rings is 1. The van der Waals surface area contributed by atoms with E-state index in [1.807, 2.05) is 0 Å². The molecule has 2 aromatic heterocycles. The van der Waals surface area contributed by atoms with Crippen molar-refractivity contribution in [3.8, 4) is 11.3 Å². The molecule has 0 saturated heterocycles. The standard InChI is InChI=1S/C13H9N3O3/c14-10-5-9-6-12(19-13(9)15-7-10)8-1-3-11(4-2-8)16(17)18/h1-7H,14H2. The molecule has 6 heteroatoms. The van der Waals surface area contributed by atoms with E-state index in [-0.39, 0.29) is 5.69 Å². The number of pyridine rings is 1. The number of benzene rings is 1. The number of nitrogen functional groups attached to an aromatic ring is 1. The average Bonchev–Trinajstić information content (AvgIpc) is 2.81. The Labute approximate surface area is 107 Å². The molecule has 0 fully saturated rings. The van der Waals surface area contributed by atoms with Crippen LogP contribution in [0.2, 0.25) is 0 Å². The Hall–Kier alpha value is -2.89.